The molecule has 0 radical (unpaired) electrons. The Morgan fingerprint density at radius 3 is 2.24 bits per heavy atom. The second kappa shape index (κ2) is 20.9. The molecule has 304 valence electrons. The van der Waals surface area contributed by atoms with Gasteiger partial charge in [-0.05, 0) is 59.9 Å². The van der Waals surface area contributed by atoms with E-state index in [1.54, 1.807) is 35.3 Å². The number of aliphatic carboxylic acids is 2. The highest BCUT2D eigenvalue weighted by atomic mass is 35.5. The number of aliphatic hydroxyl groups excluding tert-OH is 2. The molecular formula is C41H44ClN7O9. The number of nitriles is 1. The van der Waals surface area contributed by atoms with Crippen molar-refractivity contribution in [2.75, 3.05) is 19.8 Å². The van der Waals surface area contributed by atoms with Gasteiger partial charge in [0, 0.05) is 61.8 Å². The number of hydrogen-bond acceptors (Lipinski definition) is 13. The topological polar surface area (TPSA) is 234 Å². The van der Waals surface area contributed by atoms with E-state index in [1.807, 2.05) is 50.2 Å². The molecule has 0 saturated carbocycles. The molecule has 0 spiro atoms. The normalized spacial score (nSPS) is 12.1. The van der Waals surface area contributed by atoms with Gasteiger partial charge < -0.3 is 34.6 Å². The lowest BCUT2D eigenvalue weighted by molar-refractivity contribution is -0.141. The van der Waals surface area contributed by atoms with E-state index in [-0.39, 0.29) is 31.3 Å². The summed E-state index contributed by atoms with van der Waals surface area (Å²) < 4.78 is 20.2. The summed E-state index contributed by atoms with van der Waals surface area (Å²) in [5.41, 5.74) is 6.98. The maximum atomic E-state index is 11.5. The van der Waals surface area contributed by atoms with Crippen molar-refractivity contribution in [2.45, 2.75) is 65.2 Å². The first-order valence-electron chi connectivity index (χ1n) is 18.3. The lowest BCUT2D eigenvalue weighted by Crippen LogP contribution is -2.39. The van der Waals surface area contributed by atoms with E-state index in [9.17, 15) is 30.2 Å². The van der Waals surface area contributed by atoms with Crippen LogP contribution in [-0.4, -0.2) is 84.2 Å². The molecule has 5 rings (SSSR count). The smallest absolute Gasteiger partial charge is 0.323 e. The zero-order chi connectivity index (χ0) is 41.6. The molecule has 0 saturated heterocycles. The number of pyridine rings is 1. The minimum Gasteiger partial charge on any atom is -0.493 e. The third kappa shape index (κ3) is 11.5. The van der Waals surface area contributed by atoms with Crippen LogP contribution in [0.3, 0.4) is 0 Å². The van der Waals surface area contributed by atoms with Crippen LogP contribution in [0.2, 0.25) is 5.02 Å². The number of rotatable bonds is 22. The van der Waals surface area contributed by atoms with Crippen molar-refractivity contribution in [3.8, 4) is 34.4 Å². The molecule has 16 nitrogen and oxygen atoms in total. The molecule has 0 amide bonds. The van der Waals surface area contributed by atoms with Crippen molar-refractivity contribution in [3.05, 3.63) is 117 Å². The zero-order valence-corrected chi connectivity index (χ0v) is 32.6. The van der Waals surface area contributed by atoms with E-state index < -0.39 is 37.2 Å². The van der Waals surface area contributed by atoms with Gasteiger partial charge in [0.15, 0.2) is 0 Å². The Morgan fingerprint density at radius 2 is 1.53 bits per heavy atom. The van der Waals surface area contributed by atoms with Gasteiger partial charge in [-0.1, -0.05) is 47.1 Å². The van der Waals surface area contributed by atoms with Crippen molar-refractivity contribution in [3.63, 3.8) is 0 Å². The van der Waals surface area contributed by atoms with Gasteiger partial charge in [-0.2, -0.15) is 5.26 Å². The molecule has 3 aromatic carbocycles. The maximum absolute atomic E-state index is 11.5. The summed E-state index contributed by atoms with van der Waals surface area (Å²) in [5.74, 6) is -0.909. The average molecular weight is 814 g/mol. The minimum atomic E-state index is -1.21. The van der Waals surface area contributed by atoms with Crippen molar-refractivity contribution < 1.29 is 44.2 Å². The Hall–Kier alpha value is -6.09. The van der Waals surface area contributed by atoms with Gasteiger partial charge in [0.25, 0.3) is 0 Å². The predicted octanol–water partition coefficient (Wildman–Crippen LogP) is 4.18. The van der Waals surface area contributed by atoms with E-state index in [1.165, 1.54) is 6.20 Å². The third-order valence-electron chi connectivity index (χ3n) is 9.24. The van der Waals surface area contributed by atoms with E-state index in [0.717, 1.165) is 33.6 Å². The quantitative estimate of drug-likeness (QED) is 0.0538. The summed E-state index contributed by atoms with van der Waals surface area (Å²) in [7, 11) is 0. The summed E-state index contributed by atoms with van der Waals surface area (Å²) in [5, 5.41) is 60.4. The van der Waals surface area contributed by atoms with Crippen molar-refractivity contribution in [1.29, 1.82) is 5.26 Å². The molecule has 5 aromatic rings. The predicted molar refractivity (Wildman–Crippen MR) is 211 cm³/mol. The molecule has 17 heteroatoms. The van der Waals surface area contributed by atoms with Gasteiger partial charge in [0.05, 0.1) is 36.1 Å². The SMILES string of the molecule is Cc1c(COc2cc(OCc3cncc(C#N)c3)c(CN[C@@H](CO)C(=O)O)cc2Cl)cccc1-c1cccc(OCCCn2cc(CNC(CO)C(=O)O)nn2)c1C. The Kier molecular flexibility index (Phi) is 15.5. The van der Waals surface area contributed by atoms with Gasteiger partial charge in [0.1, 0.15) is 48.6 Å². The van der Waals surface area contributed by atoms with Crippen molar-refractivity contribution >= 4 is 23.5 Å². The second-order valence-electron chi connectivity index (χ2n) is 13.3. The fourth-order valence-electron chi connectivity index (χ4n) is 5.96. The largest absolute Gasteiger partial charge is 0.493 e. The molecule has 0 aliphatic carbocycles. The molecule has 0 aliphatic rings. The number of aryl methyl sites for hydroxylation is 1. The lowest BCUT2D eigenvalue weighted by Gasteiger charge is -2.19. The molecule has 0 aliphatic heterocycles. The van der Waals surface area contributed by atoms with Crippen LogP contribution >= 0.6 is 11.6 Å². The van der Waals surface area contributed by atoms with Crippen LogP contribution in [0.15, 0.2) is 73.2 Å². The number of benzene rings is 3. The number of nitrogens with zero attached hydrogens (tertiary/aromatic N) is 5. The average Bonchev–Trinajstić information content (AvgIpc) is 3.67. The first kappa shape index (κ1) is 43.0. The second-order valence-corrected chi connectivity index (χ2v) is 13.7. The Labute approximate surface area is 339 Å². The number of carboxylic acid groups (broad SMARTS) is 2. The van der Waals surface area contributed by atoms with Gasteiger partial charge >= 0.3 is 11.9 Å². The summed E-state index contributed by atoms with van der Waals surface area (Å²) in [6.07, 6.45) is 5.39. The van der Waals surface area contributed by atoms with E-state index >= 15 is 0 Å². The highest BCUT2D eigenvalue weighted by molar-refractivity contribution is 6.32. The number of hydrogen-bond donors (Lipinski definition) is 6. The minimum absolute atomic E-state index is 0.0256. The number of aliphatic hydroxyl groups is 2. The van der Waals surface area contributed by atoms with Crippen LogP contribution in [0.5, 0.6) is 17.2 Å². The van der Waals surface area contributed by atoms with Gasteiger partial charge in [-0.25, -0.2) is 0 Å². The zero-order valence-electron chi connectivity index (χ0n) is 31.9. The van der Waals surface area contributed by atoms with E-state index in [2.05, 4.69) is 32.0 Å². The standard InChI is InChI=1S/C41H44ClN7O9/c1-25-29(24-58-39-14-38(57-23-28-12-27(15-43)16-44-17-28)30(13-34(39)42)18-45-35(21-50)40(52)53)6-3-7-32(25)33-8-4-9-37(26(33)2)56-11-5-10-49-20-31(47-48-49)19-46-36(22-51)41(54)55/h3-4,6-9,12-14,16-17,20,35-36,45-46,50-51H,5,10-11,18-19,21-24H2,1-2H3,(H,52,53)(H,54,55)/t35-,36?/m0/s1. The summed E-state index contributed by atoms with van der Waals surface area (Å²) in [4.78, 5) is 26.7. The van der Waals surface area contributed by atoms with Crippen molar-refractivity contribution in [2.24, 2.45) is 0 Å². The number of aromatic nitrogens is 4. The number of carboxylic acids is 2. The summed E-state index contributed by atoms with van der Waals surface area (Å²) in [6, 6.07) is 16.5. The van der Waals surface area contributed by atoms with Crippen LogP contribution in [0.25, 0.3) is 11.1 Å². The number of carbonyl (C=O) groups is 2. The lowest BCUT2D eigenvalue weighted by atomic mass is 9.93. The molecule has 2 heterocycles. The number of halogens is 1. The van der Waals surface area contributed by atoms with Crippen LogP contribution < -0.4 is 24.8 Å². The highest BCUT2D eigenvalue weighted by Crippen LogP contribution is 2.36. The molecule has 58 heavy (non-hydrogen) atoms. The summed E-state index contributed by atoms with van der Waals surface area (Å²) >= 11 is 6.70. The third-order valence-corrected chi connectivity index (χ3v) is 9.54. The van der Waals surface area contributed by atoms with E-state index in [4.69, 9.17) is 30.9 Å². The fraction of sp³-hybridized carbons (Fsp3) is 0.317. The first-order chi connectivity index (χ1) is 28.0. The summed E-state index contributed by atoms with van der Waals surface area (Å²) in [6.45, 7) is 4.26. The maximum Gasteiger partial charge on any atom is 0.323 e. The number of nitrogens with one attached hydrogen (secondary N) is 2. The van der Waals surface area contributed by atoms with Gasteiger partial charge in [-0.3, -0.25) is 29.9 Å². The molecule has 2 aromatic heterocycles. The molecule has 6 N–H and O–H groups in total. The first-order valence-corrected chi connectivity index (χ1v) is 18.6. The Morgan fingerprint density at radius 1 is 0.845 bits per heavy atom. The molecule has 1 unspecified atom stereocenters. The van der Waals surface area contributed by atoms with Gasteiger partial charge in [0.2, 0.25) is 0 Å². The monoisotopic (exact) mass is 813 g/mol. The van der Waals surface area contributed by atoms with Gasteiger partial charge in [-0.15, -0.1) is 5.10 Å². The Balaban J connectivity index is 1.25. The fourth-order valence-corrected chi connectivity index (χ4v) is 6.20. The van der Waals surface area contributed by atoms with Crippen LogP contribution in [-0.2, 0) is 42.4 Å². The molecule has 2 atom stereocenters. The molecule has 0 bridgehead atoms. The van der Waals surface area contributed by atoms with Crippen LogP contribution in [0.1, 0.15) is 45.5 Å². The highest BCUT2D eigenvalue weighted by Gasteiger charge is 2.19. The molecule has 0 fully saturated rings. The Bertz CT molecular complexity index is 2240. The van der Waals surface area contributed by atoms with Crippen LogP contribution in [0, 0.1) is 25.2 Å². The van der Waals surface area contributed by atoms with E-state index in [0.29, 0.717) is 53.5 Å². The van der Waals surface area contributed by atoms with Crippen LogP contribution in [0.4, 0.5) is 0 Å². The van der Waals surface area contributed by atoms with Crippen molar-refractivity contribution in [1.82, 2.24) is 30.6 Å². The number of ether oxygens (including phenoxy) is 3. The molecular weight excluding hydrogens is 770 g/mol.